The van der Waals surface area contributed by atoms with Gasteiger partial charge in [0.25, 0.3) is 0 Å². The fourth-order valence-corrected chi connectivity index (χ4v) is 1.72. The third kappa shape index (κ3) is 3.14. The van der Waals surface area contributed by atoms with Crippen molar-refractivity contribution in [2.24, 2.45) is 0 Å². The van der Waals surface area contributed by atoms with Gasteiger partial charge in [0.1, 0.15) is 0 Å². The fraction of sp³-hybridized carbons (Fsp3) is 0.538. The first-order valence-electron chi connectivity index (χ1n) is 5.55. The van der Waals surface area contributed by atoms with Gasteiger partial charge in [0.15, 0.2) is 11.5 Å². The van der Waals surface area contributed by atoms with Crippen LogP contribution in [0.3, 0.4) is 0 Å². The summed E-state index contributed by atoms with van der Waals surface area (Å²) in [6.07, 6.45) is 2.80. The Morgan fingerprint density at radius 1 is 1.06 bits per heavy atom. The van der Waals surface area contributed by atoms with Crippen molar-refractivity contribution in [2.45, 2.75) is 26.2 Å². The maximum atomic E-state index is 8.75. The normalized spacial score (nSPS) is 10.2. The minimum atomic E-state index is 0.256. The Morgan fingerprint density at radius 3 is 2.25 bits per heavy atom. The van der Waals surface area contributed by atoms with Crippen LogP contribution in [0.4, 0.5) is 0 Å². The van der Waals surface area contributed by atoms with E-state index < -0.39 is 0 Å². The molecule has 0 saturated heterocycles. The molecule has 0 radical (unpaired) electrons. The molecule has 3 nitrogen and oxygen atoms in total. The van der Waals surface area contributed by atoms with Crippen molar-refractivity contribution in [2.75, 3.05) is 20.8 Å². The average Bonchev–Trinajstić information content (AvgIpc) is 2.31. The average molecular weight is 224 g/mol. The molecule has 0 amide bonds. The van der Waals surface area contributed by atoms with Crippen LogP contribution in [0.15, 0.2) is 12.1 Å². The van der Waals surface area contributed by atoms with Gasteiger partial charge in [-0.2, -0.15) is 0 Å². The van der Waals surface area contributed by atoms with Gasteiger partial charge in [-0.25, -0.2) is 0 Å². The number of benzene rings is 1. The summed E-state index contributed by atoms with van der Waals surface area (Å²) in [5.41, 5.74) is 2.46. The monoisotopic (exact) mass is 224 g/mol. The highest BCUT2D eigenvalue weighted by molar-refractivity contribution is 5.47. The third-order valence-corrected chi connectivity index (χ3v) is 2.70. The van der Waals surface area contributed by atoms with E-state index in [4.69, 9.17) is 14.6 Å². The molecule has 1 rings (SSSR count). The van der Waals surface area contributed by atoms with Crippen LogP contribution in [0.5, 0.6) is 11.5 Å². The summed E-state index contributed by atoms with van der Waals surface area (Å²) in [5, 5.41) is 8.75. The van der Waals surface area contributed by atoms with E-state index in [1.54, 1.807) is 14.2 Å². The quantitative estimate of drug-likeness (QED) is 0.754. The maximum absolute atomic E-state index is 8.75. The van der Waals surface area contributed by atoms with Gasteiger partial charge in [-0.15, -0.1) is 0 Å². The zero-order valence-electron chi connectivity index (χ0n) is 10.2. The first-order chi connectivity index (χ1) is 7.72. The highest BCUT2D eigenvalue weighted by Crippen LogP contribution is 2.30. The van der Waals surface area contributed by atoms with E-state index in [9.17, 15) is 0 Å². The minimum Gasteiger partial charge on any atom is -0.493 e. The van der Waals surface area contributed by atoms with Gasteiger partial charge in [0.05, 0.1) is 14.2 Å². The number of hydrogen-bond donors (Lipinski definition) is 1. The predicted octanol–water partition coefficient (Wildman–Crippen LogP) is 2.33. The Balaban J connectivity index is 2.84. The molecular formula is C13H20O3. The van der Waals surface area contributed by atoms with Crippen LogP contribution in [0.2, 0.25) is 0 Å². The Kier molecular flexibility index (Phi) is 5.12. The van der Waals surface area contributed by atoms with Crippen LogP contribution in [-0.4, -0.2) is 25.9 Å². The highest BCUT2D eigenvalue weighted by Gasteiger charge is 2.07. The lowest BCUT2D eigenvalue weighted by molar-refractivity contribution is 0.284. The lowest BCUT2D eigenvalue weighted by atomic mass is 10.0. The summed E-state index contributed by atoms with van der Waals surface area (Å²) in [6, 6.07) is 4.01. The Hall–Kier alpha value is -1.22. The van der Waals surface area contributed by atoms with Gasteiger partial charge >= 0.3 is 0 Å². The number of unbranched alkanes of at least 4 members (excludes halogenated alkanes) is 1. The molecule has 3 heteroatoms. The van der Waals surface area contributed by atoms with Gasteiger partial charge in [0, 0.05) is 6.61 Å². The summed E-state index contributed by atoms with van der Waals surface area (Å²) < 4.78 is 10.5. The molecule has 0 atom stereocenters. The van der Waals surface area contributed by atoms with Crippen LogP contribution in [-0.2, 0) is 6.42 Å². The van der Waals surface area contributed by atoms with Gasteiger partial charge < -0.3 is 14.6 Å². The number of methoxy groups -OCH3 is 2. The molecule has 1 N–H and O–H groups in total. The summed E-state index contributed by atoms with van der Waals surface area (Å²) in [4.78, 5) is 0. The summed E-state index contributed by atoms with van der Waals surface area (Å²) in [7, 11) is 3.29. The number of aliphatic hydroxyl groups excluding tert-OH is 1. The largest absolute Gasteiger partial charge is 0.493 e. The smallest absolute Gasteiger partial charge is 0.161 e. The lowest BCUT2D eigenvalue weighted by Crippen LogP contribution is -1.96. The van der Waals surface area contributed by atoms with E-state index in [1.807, 2.05) is 12.1 Å². The number of aryl methyl sites for hydroxylation is 2. The lowest BCUT2D eigenvalue weighted by Gasteiger charge is -2.12. The first kappa shape index (κ1) is 12.8. The van der Waals surface area contributed by atoms with Crippen LogP contribution < -0.4 is 9.47 Å². The van der Waals surface area contributed by atoms with Crippen molar-refractivity contribution >= 4 is 0 Å². The second kappa shape index (κ2) is 6.38. The SMILES string of the molecule is COc1cc(C)c(CCCCO)cc1OC. The van der Waals surface area contributed by atoms with E-state index in [0.29, 0.717) is 0 Å². The molecule has 16 heavy (non-hydrogen) atoms. The minimum absolute atomic E-state index is 0.256. The van der Waals surface area contributed by atoms with E-state index in [-0.39, 0.29) is 6.61 Å². The zero-order chi connectivity index (χ0) is 12.0. The molecule has 0 aromatic heterocycles. The van der Waals surface area contributed by atoms with Crippen molar-refractivity contribution in [1.82, 2.24) is 0 Å². The summed E-state index contributed by atoms with van der Waals surface area (Å²) >= 11 is 0. The molecule has 0 aliphatic rings. The molecule has 0 bridgehead atoms. The fourth-order valence-electron chi connectivity index (χ4n) is 1.72. The maximum Gasteiger partial charge on any atom is 0.161 e. The number of aliphatic hydroxyl groups is 1. The van der Waals surface area contributed by atoms with E-state index >= 15 is 0 Å². The van der Waals surface area contributed by atoms with Crippen molar-refractivity contribution in [3.8, 4) is 11.5 Å². The third-order valence-electron chi connectivity index (χ3n) is 2.70. The van der Waals surface area contributed by atoms with Crippen LogP contribution >= 0.6 is 0 Å². The van der Waals surface area contributed by atoms with Crippen molar-refractivity contribution in [3.63, 3.8) is 0 Å². The topological polar surface area (TPSA) is 38.7 Å². The number of hydrogen-bond acceptors (Lipinski definition) is 3. The molecule has 0 saturated carbocycles. The van der Waals surface area contributed by atoms with Gasteiger partial charge in [0.2, 0.25) is 0 Å². The Morgan fingerprint density at radius 2 is 1.69 bits per heavy atom. The Bertz CT molecular complexity index is 334. The molecule has 0 fully saturated rings. The van der Waals surface area contributed by atoms with Crippen molar-refractivity contribution in [3.05, 3.63) is 23.3 Å². The molecule has 0 heterocycles. The Labute approximate surface area is 97.0 Å². The molecular weight excluding hydrogens is 204 g/mol. The van der Waals surface area contributed by atoms with Gasteiger partial charge in [-0.05, 0) is 49.4 Å². The zero-order valence-corrected chi connectivity index (χ0v) is 10.2. The van der Waals surface area contributed by atoms with Crippen LogP contribution in [0.25, 0.3) is 0 Å². The molecule has 0 unspecified atom stereocenters. The molecule has 0 spiro atoms. The second-order valence-corrected chi connectivity index (χ2v) is 3.81. The van der Waals surface area contributed by atoms with Crippen molar-refractivity contribution < 1.29 is 14.6 Å². The van der Waals surface area contributed by atoms with Crippen molar-refractivity contribution in [1.29, 1.82) is 0 Å². The molecule has 1 aromatic rings. The number of ether oxygens (including phenoxy) is 2. The highest BCUT2D eigenvalue weighted by atomic mass is 16.5. The van der Waals surface area contributed by atoms with Gasteiger partial charge in [-0.1, -0.05) is 0 Å². The predicted molar refractivity (Wildman–Crippen MR) is 64.3 cm³/mol. The van der Waals surface area contributed by atoms with E-state index in [1.165, 1.54) is 11.1 Å². The molecule has 1 aromatic carbocycles. The van der Waals surface area contributed by atoms with E-state index in [2.05, 4.69) is 6.92 Å². The number of rotatable bonds is 6. The standard InChI is InChI=1S/C13H20O3/c1-10-8-12(15-2)13(16-3)9-11(10)6-4-5-7-14/h8-9,14H,4-7H2,1-3H3. The molecule has 0 aliphatic heterocycles. The first-order valence-corrected chi connectivity index (χ1v) is 5.55. The molecule has 0 aliphatic carbocycles. The van der Waals surface area contributed by atoms with Gasteiger partial charge in [-0.3, -0.25) is 0 Å². The summed E-state index contributed by atoms with van der Waals surface area (Å²) in [5.74, 6) is 1.54. The van der Waals surface area contributed by atoms with E-state index in [0.717, 1.165) is 30.8 Å². The summed E-state index contributed by atoms with van der Waals surface area (Å²) in [6.45, 7) is 2.32. The van der Waals surface area contributed by atoms with Crippen LogP contribution in [0, 0.1) is 6.92 Å². The molecule has 90 valence electrons. The second-order valence-electron chi connectivity index (χ2n) is 3.81. The van der Waals surface area contributed by atoms with Crippen LogP contribution in [0.1, 0.15) is 24.0 Å².